The van der Waals surface area contributed by atoms with E-state index in [-0.39, 0.29) is 0 Å². The van der Waals surface area contributed by atoms with E-state index in [1.54, 1.807) is 0 Å². The SMILES string of the molecule is CN=C(NCc1ccc(CN2CCCCC2C)cc1)N1CCC(c2cnn(C)c2)C1. The number of rotatable bonds is 5. The lowest BCUT2D eigenvalue weighted by atomic mass is 10.0. The first kappa shape index (κ1) is 20.9. The van der Waals surface area contributed by atoms with Crippen molar-refractivity contribution < 1.29 is 0 Å². The zero-order valence-electron chi connectivity index (χ0n) is 18.7. The lowest BCUT2D eigenvalue weighted by Gasteiger charge is -2.33. The second-order valence-corrected chi connectivity index (χ2v) is 8.91. The van der Waals surface area contributed by atoms with Crippen molar-refractivity contribution in [2.45, 2.75) is 57.7 Å². The zero-order valence-corrected chi connectivity index (χ0v) is 18.7. The quantitative estimate of drug-likeness (QED) is 0.609. The molecule has 2 aromatic rings. The number of aryl methyl sites for hydroxylation is 1. The van der Waals surface area contributed by atoms with Crippen LogP contribution < -0.4 is 5.32 Å². The predicted molar refractivity (Wildman–Crippen MR) is 123 cm³/mol. The second-order valence-electron chi connectivity index (χ2n) is 8.91. The molecular formula is C24H36N6. The van der Waals surface area contributed by atoms with Gasteiger partial charge in [0.1, 0.15) is 0 Å². The molecule has 2 saturated heterocycles. The molecule has 0 radical (unpaired) electrons. The molecule has 4 rings (SSSR count). The minimum atomic E-state index is 0.536. The number of aromatic nitrogens is 2. The highest BCUT2D eigenvalue weighted by molar-refractivity contribution is 5.80. The number of hydrogen-bond donors (Lipinski definition) is 1. The van der Waals surface area contributed by atoms with Crippen LogP contribution in [0.25, 0.3) is 0 Å². The lowest BCUT2D eigenvalue weighted by molar-refractivity contribution is 0.152. The Balaban J connectivity index is 1.28. The first-order valence-corrected chi connectivity index (χ1v) is 11.4. The molecule has 0 aliphatic carbocycles. The van der Waals surface area contributed by atoms with E-state index in [0.717, 1.165) is 38.6 Å². The van der Waals surface area contributed by atoms with Gasteiger partial charge in [-0.3, -0.25) is 14.6 Å². The second kappa shape index (κ2) is 9.65. The summed E-state index contributed by atoms with van der Waals surface area (Å²) in [5, 5.41) is 7.88. The number of guanidine groups is 1. The Morgan fingerprint density at radius 3 is 2.63 bits per heavy atom. The van der Waals surface area contributed by atoms with Crippen molar-refractivity contribution in [3.63, 3.8) is 0 Å². The topological polar surface area (TPSA) is 48.7 Å². The van der Waals surface area contributed by atoms with E-state index in [1.807, 2.05) is 25.0 Å². The van der Waals surface area contributed by atoms with Crippen LogP contribution in [0.1, 0.15) is 55.2 Å². The number of likely N-dealkylation sites (tertiary alicyclic amines) is 2. The molecule has 6 heteroatoms. The van der Waals surface area contributed by atoms with Gasteiger partial charge in [-0.25, -0.2) is 0 Å². The number of nitrogens with zero attached hydrogens (tertiary/aromatic N) is 5. The van der Waals surface area contributed by atoms with Gasteiger partial charge in [0, 0.05) is 58.4 Å². The molecule has 3 heterocycles. The third-order valence-corrected chi connectivity index (χ3v) is 6.70. The summed E-state index contributed by atoms with van der Waals surface area (Å²) < 4.78 is 1.89. The molecule has 2 aliphatic heterocycles. The summed E-state index contributed by atoms with van der Waals surface area (Å²) in [5.74, 6) is 1.53. The molecule has 2 unspecified atom stereocenters. The zero-order chi connectivity index (χ0) is 20.9. The minimum Gasteiger partial charge on any atom is -0.352 e. The van der Waals surface area contributed by atoms with Crippen LogP contribution in [0.3, 0.4) is 0 Å². The summed E-state index contributed by atoms with van der Waals surface area (Å²) in [4.78, 5) is 9.51. The number of aliphatic imine (C=N–C) groups is 1. The van der Waals surface area contributed by atoms with E-state index < -0.39 is 0 Å². The third-order valence-electron chi connectivity index (χ3n) is 6.70. The smallest absolute Gasteiger partial charge is 0.193 e. The molecule has 1 aromatic carbocycles. The highest BCUT2D eigenvalue weighted by Crippen LogP contribution is 2.26. The largest absolute Gasteiger partial charge is 0.352 e. The molecule has 1 N–H and O–H groups in total. The average Bonchev–Trinajstić information content (AvgIpc) is 3.41. The molecule has 30 heavy (non-hydrogen) atoms. The van der Waals surface area contributed by atoms with Crippen molar-refractivity contribution in [1.29, 1.82) is 0 Å². The highest BCUT2D eigenvalue weighted by Gasteiger charge is 2.26. The Morgan fingerprint density at radius 1 is 1.13 bits per heavy atom. The fourth-order valence-electron chi connectivity index (χ4n) is 4.78. The van der Waals surface area contributed by atoms with Gasteiger partial charge in [-0.2, -0.15) is 5.10 Å². The molecule has 162 valence electrons. The van der Waals surface area contributed by atoms with Gasteiger partial charge in [0.2, 0.25) is 0 Å². The molecule has 1 aromatic heterocycles. The number of nitrogens with one attached hydrogen (secondary N) is 1. The van der Waals surface area contributed by atoms with Crippen LogP contribution in [0.15, 0.2) is 41.7 Å². The summed E-state index contributed by atoms with van der Waals surface area (Å²) in [7, 11) is 3.86. The van der Waals surface area contributed by atoms with Crippen molar-refractivity contribution in [3.05, 3.63) is 53.3 Å². The molecule has 0 amide bonds. The first-order valence-electron chi connectivity index (χ1n) is 11.4. The van der Waals surface area contributed by atoms with Crippen molar-refractivity contribution in [2.24, 2.45) is 12.0 Å². The van der Waals surface area contributed by atoms with Crippen molar-refractivity contribution >= 4 is 5.96 Å². The van der Waals surface area contributed by atoms with E-state index in [9.17, 15) is 0 Å². The third kappa shape index (κ3) is 5.04. The molecule has 6 nitrogen and oxygen atoms in total. The fraction of sp³-hybridized carbons (Fsp3) is 0.583. The van der Waals surface area contributed by atoms with Gasteiger partial charge in [-0.05, 0) is 49.4 Å². The molecular weight excluding hydrogens is 372 g/mol. The highest BCUT2D eigenvalue weighted by atomic mass is 15.3. The van der Waals surface area contributed by atoms with Crippen molar-refractivity contribution in [3.8, 4) is 0 Å². The maximum atomic E-state index is 4.53. The Bertz CT molecular complexity index is 840. The molecule has 0 saturated carbocycles. The lowest BCUT2D eigenvalue weighted by Crippen LogP contribution is -2.39. The predicted octanol–water partition coefficient (Wildman–Crippen LogP) is 3.36. The van der Waals surface area contributed by atoms with Crippen LogP contribution in [0, 0.1) is 0 Å². The van der Waals surface area contributed by atoms with Crippen molar-refractivity contribution in [2.75, 3.05) is 26.7 Å². The maximum absolute atomic E-state index is 4.53. The summed E-state index contributed by atoms with van der Waals surface area (Å²) in [6.45, 7) is 7.50. The van der Waals surface area contributed by atoms with Crippen molar-refractivity contribution in [1.82, 2.24) is 24.9 Å². The summed E-state index contributed by atoms with van der Waals surface area (Å²) in [5.41, 5.74) is 4.04. The van der Waals surface area contributed by atoms with E-state index in [2.05, 4.69) is 62.6 Å². The molecule has 0 bridgehead atoms. The van der Waals surface area contributed by atoms with Crippen LogP contribution >= 0.6 is 0 Å². The summed E-state index contributed by atoms with van der Waals surface area (Å²) in [6, 6.07) is 9.80. The Labute approximate surface area is 181 Å². The van der Waals surface area contributed by atoms with Crippen LogP contribution in [0.5, 0.6) is 0 Å². The van der Waals surface area contributed by atoms with Crippen LogP contribution in [-0.4, -0.2) is 58.3 Å². The summed E-state index contributed by atoms with van der Waals surface area (Å²) >= 11 is 0. The minimum absolute atomic E-state index is 0.536. The van der Waals surface area contributed by atoms with E-state index in [4.69, 9.17) is 0 Å². The van der Waals surface area contributed by atoms with Gasteiger partial charge in [-0.15, -0.1) is 0 Å². The average molecular weight is 409 g/mol. The van der Waals surface area contributed by atoms with Crippen LogP contribution in [0.4, 0.5) is 0 Å². The van der Waals surface area contributed by atoms with Gasteiger partial charge in [-0.1, -0.05) is 30.7 Å². The van der Waals surface area contributed by atoms with Gasteiger partial charge in [0.15, 0.2) is 5.96 Å². The van der Waals surface area contributed by atoms with Gasteiger partial charge >= 0.3 is 0 Å². The first-order chi connectivity index (χ1) is 14.6. The number of benzene rings is 1. The monoisotopic (exact) mass is 408 g/mol. The summed E-state index contributed by atoms with van der Waals surface area (Å²) in [6.07, 6.45) is 9.33. The number of hydrogen-bond acceptors (Lipinski definition) is 3. The molecule has 2 fully saturated rings. The molecule has 0 spiro atoms. The van der Waals surface area contributed by atoms with E-state index in [0.29, 0.717) is 12.0 Å². The fourth-order valence-corrected chi connectivity index (χ4v) is 4.78. The Hall–Kier alpha value is -2.34. The van der Waals surface area contributed by atoms with E-state index >= 15 is 0 Å². The number of piperidine rings is 1. The molecule has 2 aliphatic rings. The maximum Gasteiger partial charge on any atom is 0.193 e. The van der Waals surface area contributed by atoms with Gasteiger partial charge in [0.25, 0.3) is 0 Å². The normalized spacial score (nSPS) is 23.2. The standard InChI is InChI=1S/C24H36N6/c1-19-6-4-5-12-29(19)16-21-9-7-20(8-10-21)14-26-24(25-2)30-13-11-22(18-30)23-15-27-28(3)17-23/h7-10,15,17,19,22H,4-6,11-14,16,18H2,1-3H3,(H,25,26). The van der Waals surface area contributed by atoms with Gasteiger partial charge in [0.05, 0.1) is 6.20 Å². The molecule has 2 atom stereocenters. The van der Waals surface area contributed by atoms with Crippen LogP contribution in [0.2, 0.25) is 0 Å². The van der Waals surface area contributed by atoms with E-state index in [1.165, 1.54) is 42.5 Å². The Kier molecular flexibility index (Phi) is 6.72. The Morgan fingerprint density at radius 2 is 1.93 bits per heavy atom. The van der Waals surface area contributed by atoms with Gasteiger partial charge < -0.3 is 10.2 Å². The van der Waals surface area contributed by atoms with Crippen LogP contribution in [-0.2, 0) is 20.1 Å².